The predicted octanol–water partition coefficient (Wildman–Crippen LogP) is 3.01. The second-order valence-corrected chi connectivity index (χ2v) is 5.32. The van der Waals surface area contributed by atoms with Crippen molar-refractivity contribution in [3.8, 4) is 0 Å². The first-order valence-corrected chi connectivity index (χ1v) is 6.61. The van der Waals surface area contributed by atoms with Crippen molar-refractivity contribution in [1.29, 1.82) is 0 Å². The Hall–Kier alpha value is -2.01. The van der Waals surface area contributed by atoms with Crippen LogP contribution in [0.4, 0.5) is 5.69 Å². The van der Waals surface area contributed by atoms with Gasteiger partial charge in [-0.05, 0) is 44.2 Å². The molecule has 0 atom stereocenters. The highest BCUT2D eigenvalue weighted by Gasteiger charge is 2.12. The lowest BCUT2D eigenvalue weighted by Gasteiger charge is -2.10. The first-order chi connectivity index (χ1) is 9.51. The molecule has 2 aromatic rings. The van der Waals surface area contributed by atoms with E-state index in [1.807, 2.05) is 11.6 Å². The Morgan fingerprint density at radius 1 is 1.15 bits per heavy atom. The molecule has 0 fully saturated rings. The second kappa shape index (κ2) is 5.96. The third-order valence-corrected chi connectivity index (χ3v) is 3.29. The maximum atomic E-state index is 10.8. The molecule has 0 N–H and O–H groups in total. The van der Waals surface area contributed by atoms with E-state index in [1.165, 1.54) is 5.56 Å². The first kappa shape index (κ1) is 14.4. The highest BCUT2D eigenvalue weighted by molar-refractivity contribution is 5.46. The molecule has 0 saturated carbocycles. The van der Waals surface area contributed by atoms with Crippen molar-refractivity contribution in [2.24, 2.45) is 5.18 Å². The number of nitroso groups, excluding NO2 is 1. The van der Waals surface area contributed by atoms with Crippen molar-refractivity contribution >= 4 is 5.69 Å². The van der Waals surface area contributed by atoms with E-state index in [0.717, 1.165) is 17.8 Å². The number of rotatable bonds is 5. The summed E-state index contributed by atoms with van der Waals surface area (Å²) >= 11 is 0. The molecule has 2 rings (SSSR count). The van der Waals surface area contributed by atoms with E-state index in [4.69, 9.17) is 0 Å². The van der Waals surface area contributed by atoms with Gasteiger partial charge in [0.1, 0.15) is 0 Å². The van der Waals surface area contributed by atoms with Gasteiger partial charge in [0.2, 0.25) is 0 Å². The zero-order chi connectivity index (χ0) is 14.7. The van der Waals surface area contributed by atoms with Crippen LogP contribution in [0.15, 0.2) is 29.4 Å². The molecule has 5 nitrogen and oxygen atoms in total. The van der Waals surface area contributed by atoms with Gasteiger partial charge in [-0.2, -0.15) is 5.10 Å². The zero-order valence-corrected chi connectivity index (χ0v) is 12.4. The van der Waals surface area contributed by atoms with E-state index in [0.29, 0.717) is 17.9 Å². The third kappa shape index (κ3) is 3.11. The van der Waals surface area contributed by atoms with Crippen LogP contribution in [-0.4, -0.2) is 28.8 Å². The summed E-state index contributed by atoms with van der Waals surface area (Å²) in [5, 5.41) is 7.40. The number of hydrogen-bond donors (Lipinski definition) is 0. The van der Waals surface area contributed by atoms with Gasteiger partial charge in [-0.25, -0.2) is 0 Å². The van der Waals surface area contributed by atoms with Crippen molar-refractivity contribution in [2.45, 2.75) is 26.9 Å². The summed E-state index contributed by atoms with van der Waals surface area (Å²) in [6.45, 7) is 5.27. The van der Waals surface area contributed by atoms with Crippen LogP contribution in [0.3, 0.4) is 0 Å². The van der Waals surface area contributed by atoms with Gasteiger partial charge < -0.3 is 4.90 Å². The normalized spacial score (nSPS) is 11.1. The molecule has 0 amide bonds. The Morgan fingerprint density at radius 3 is 2.25 bits per heavy atom. The molecule has 1 heterocycles. The zero-order valence-electron chi connectivity index (χ0n) is 12.4. The summed E-state index contributed by atoms with van der Waals surface area (Å²) in [6.07, 6.45) is 0. The summed E-state index contributed by atoms with van der Waals surface area (Å²) < 4.78 is 1.83. The van der Waals surface area contributed by atoms with Crippen molar-refractivity contribution in [3.63, 3.8) is 0 Å². The maximum Gasteiger partial charge on any atom is 0.151 e. The fraction of sp³-hybridized carbons (Fsp3) is 0.400. The molecule has 0 spiro atoms. The molecule has 0 radical (unpaired) electrons. The van der Waals surface area contributed by atoms with Gasteiger partial charge >= 0.3 is 0 Å². The largest absolute Gasteiger partial charge is 0.305 e. The van der Waals surface area contributed by atoms with Gasteiger partial charge in [0, 0.05) is 6.54 Å². The lowest BCUT2D eigenvalue weighted by atomic mass is 10.1. The fourth-order valence-corrected chi connectivity index (χ4v) is 2.26. The average Bonchev–Trinajstić information content (AvgIpc) is 2.66. The molecular weight excluding hydrogens is 252 g/mol. The monoisotopic (exact) mass is 272 g/mol. The third-order valence-electron chi connectivity index (χ3n) is 3.29. The molecule has 20 heavy (non-hydrogen) atoms. The van der Waals surface area contributed by atoms with Crippen LogP contribution in [0.2, 0.25) is 0 Å². The van der Waals surface area contributed by atoms with E-state index in [9.17, 15) is 4.91 Å². The molecule has 1 aromatic heterocycles. The number of aryl methyl sites for hydroxylation is 1. The van der Waals surface area contributed by atoms with E-state index < -0.39 is 0 Å². The molecule has 0 saturated heterocycles. The minimum Gasteiger partial charge on any atom is -0.305 e. The highest BCUT2D eigenvalue weighted by Crippen LogP contribution is 2.23. The molecule has 0 bridgehead atoms. The Labute approximate surface area is 119 Å². The minimum atomic E-state index is 0.453. The van der Waals surface area contributed by atoms with Crippen LogP contribution in [0.1, 0.15) is 22.5 Å². The lowest BCUT2D eigenvalue weighted by molar-refractivity contribution is 0.402. The highest BCUT2D eigenvalue weighted by atomic mass is 16.3. The average molecular weight is 272 g/mol. The van der Waals surface area contributed by atoms with Crippen LogP contribution in [0, 0.1) is 18.8 Å². The molecule has 0 unspecified atom stereocenters. The first-order valence-electron chi connectivity index (χ1n) is 6.61. The molecule has 5 heteroatoms. The van der Waals surface area contributed by atoms with E-state index in [-0.39, 0.29) is 0 Å². The van der Waals surface area contributed by atoms with Crippen molar-refractivity contribution < 1.29 is 0 Å². The Morgan fingerprint density at radius 2 is 1.75 bits per heavy atom. The Kier molecular flexibility index (Phi) is 4.29. The van der Waals surface area contributed by atoms with Crippen LogP contribution in [-0.2, 0) is 13.1 Å². The van der Waals surface area contributed by atoms with Gasteiger partial charge in [-0.1, -0.05) is 24.3 Å². The minimum absolute atomic E-state index is 0.453. The molecule has 0 aliphatic carbocycles. The lowest BCUT2D eigenvalue weighted by Crippen LogP contribution is -2.10. The van der Waals surface area contributed by atoms with Crippen LogP contribution in [0.25, 0.3) is 0 Å². The summed E-state index contributed by atoms with van der Waals surface area (Å²) in [4.78, 5) is 12.9. The van der Waals surface area contributed by atoms with Crippen LogP contribution >= 0.6 is 0 Å². The van der Waals surface area contributed by atoms with Crippen molar-refractivity contribution in [1.82, 2.24) is 14.7 Å². The molecule has 0 aliphatic heterocycles. The SMILES string of the molecule is Cc1nn(Cc2ccc(CN(C)C)cc2)c(C)c1N=O. The quantitative estimate of drug-likeness (QED) is 0.786. The fourth-order valence-electron chi connectivity index (χ4n) is 2.26. The number of benzene rings is 1. The summed E-state index contributed by atoms with van der Waals surface area (Å²) in [6, 6.07) is 8.45. The summed E-state index contributed by atoms with van der Waals surface area (Å²) in [5.41, 5.74) is 4.39. The van der Waals surface area contributed by atoms with E-state index in [2.05, 4.69) is 53.5 Å². The number of aromatic nitrogens is 2. The second-order valence-electron chi connectivity index (χ2n) is 5.32. The summed E-state index contributed by atoms with van der Waals surface area (Å²) in [7, 11) is 4.11. The standard InChI is InChI=1S/C15H20N4O/c1-11-15(17-20)12(2)19(16-11)10-14-7-5-13(6-8-14)9-18(3)4/h5-8H,9-10H2,1-4H3. The topological polar surface area (TPSA) is 50.5 Å². The molecule has 0 aliphatic rings. The molecule has 1 aromatic carbocycles. The number of hydrogen-bond acceptors (Lipinski definition) is 4. The van der Waals surface area contributed by atoms with Crippen molar-refractivity contribution in [2.75, 3.05) is 14.1 Å². The molecular formula is C15H20N4O. The van der Waals surface area contributed by atoms with Crippen LogP contribution in [0.5, 0.6) is 0 Å². The van der Waals surface area contributed by atoms with E-state index >= 15 is 0 Å². The molecule has 106 valence electrons. The van der Waals surface area contributed by atoms with Gasteiger partial charge in [-0.15, -0.1) is 4.91 Å². The number of nitrogens with zero attached hydrogens (tertiary/aromatic N) is 4. The van der Waals surface area contributed by atoms with Gasteiger partial charge in [0.05, 0.1) is 17.9 Å². The van der Waals surface area contributed by atoms with Crippen molar-refractivity contribution in [3.05, 3.63) is 51.7 Å². The predicted molar refractivity (Wildman–Crippen MR) is 80.1 cm³/mol. The van der Waals surface area contributed by atoms with E-state index in [1.54, 1.807) is 6.92 Å². The smallest absolute Gasteiger partial charge is 0.151 e. The van der Waals surface area contributed by atoms with Gasteiger partial charge in [0.25, 0.3) is 0 Å². The van der Waals surface area contributed by atoms with Crippen LogP contribution < -0.4 is 0 Å². The Bertz CT molecular complexity index is 599. The maximum absolute atomic E-state index is 10.8. The Balaban J connectivity index is 2.16. The van der Waals surface area contributed by atoms with Gasteiger partial charge in [0.15, 0.2) is 5.69 Å². The summed E-state index contributed by atoms with van der Waals surface area (Å²) in [5.74, 6) is 0. The van der Waals surface area contributed by atoms with Gasteiger partial charge in [-0.3, -0.25) is 4.68 Å².